The Bertz CT molecular complexity index is 837. The van der Waals surface area contributed by atoms with E-state index in [-0.39, 0.29) is 17.0 Å². The Labute approximate surface area is 168 Å². The number of hydrogen-bond acceptors (Lipinski definition) is 4. The zero-order valence-electron chi connectivity index (χ0n) is 18.0. The summed E-state index contributed by atoms with van der Waals surface area (Å²) in [5.74, 6) is -0.0710. The summed E-state index contributed by atoms with van der Waals surface area (Å²) in [4.78, 5) is 23.7. The lowest BCUT2D eigenvalue weighted by Gasteiger charge is -2.51. The van der Waals surface area contributed by atoms with Crippen molar-refractivity contribution in [3.05, 3.63) is 36.5 Å². The summed E-state index contributed by atoms with van der Waals surface area (Å²) in [5.41, 5.74) is 0.755. The maximum atomic E-state index is 13.0. The van der Waals surface area contributed by atoms with Gasteiger partial charge in [0.2, 0.25) is 5.91 Å². The van der Waals surface area contributed by atoms with Crippen LogP contribution in [0.3, 0.4) is 0 Å². The molecular formula is C23H33N3O2. The number of para-hydroxylation sites is 1. The number of fused-ring (bicyclic) bond motifs is 1. The topological polar surface area (TPSA) is 54.5 Å². The molecule has 0 aliphatic carbocycles. The van der Waals surface area contributed by atoms with E-state index in [9.17, 15) is 4.79 Å². The minimum Gasteiger partial charge on any atom is -0.324 e. The van der Waals surface area contributed by atoms with Crippen molar-refractivity contribution >= 4 is 22.5 Å². The average molecular weight is 384 g/mol. The molecule has 0 spiro atoms. The number of anilines is 1. The van der Waals surface area contributed by atoms with Gasteiger partial charge in [-0.05, 0) is 72.9 Å². The normalized spacial score (nSPS) is 19.5. The molecule has 1 aromatic carbocycles. The number of rotatable bonds is 5. The quantitative estimate of drug-likeness (QED) is 0.773. The van der Waals surface area contributed by atoms with Crippen LogP contribution in [0.4, 0.5) is 5.69 Å². The Kier molecular flexibility index (Phi) is 5.52. The van der Waals surface area contributed by atoms with Gasteiger partial charge in [-0.25, -0.2) is 0 Å². The second kappa shape index (κ2) is 7.45. The first-order valence-electron chi connectivity index (χ1n) is 10.1. The Morgan fingerprint density at radius 2 is 1.79 bits per heavy atom. The van der Waals surface area contributed by atoms with Crippen LogP contribution in [0.1, 0.15) is 60.8 Å². The van der Waals surface area contributed by atoms with Crippen molar-refractivity contribution in [2.45, 2.75) is 71.9 Å². The highest BCUT2D eigenvalue weighted by molar-refractivity contribution is 6.02. The van der Waals surface area contributed by atoms with Gasteiger partial charge in [0.05, 0.1) is 23.2 Å². The Balaban J connectivity index is 1.72. The molecular weight excluding hydrogens is 350 g/mol. The van der Waals surface area contributed by atoms with Gasteiger partial charge in [-0.3, -0.25) is 14.6 Å². The van der Waals surface area contributed by atoms with Gasteiger partial charge in [-0.15, -0.1) is 0 Å². The number of hydroxylamine groups is 2. The van der Waals surface area contributed by atoms with E-state index >= 15 is 0 Å². The Morgan fingerprint density at radius 1 is 1.14 bits per heavy atom. The first-order chi connectivity index (χ1) is 13.0. The fraction of sp³-hybridized carbons (Fsp3) is 0.565. The summed E-state index contributed by atoms with van der Waals surface area (Å²) in [6, 6.07) is 9.70. The Morgan fingerprint density at radius 3 is 2.46 bits per heavy atom. The number of carbonyl (C=O) groups excluding carboxylic acids is 1. The number of amides is 1. The van der Waals surface area contributed by atoms with Crippen LogP contribution in [0.15, 0.2) is 36.5 Å². The predicted octanol–water partition coefficient (Wildman–Crippen LogP) is 5.17. The predicted molar refractivity (Wildman–Crippen MR) is 114 cm³/mol. The molecule has 0 atom stereocenters. The van der Waals surface area contributed by atoms with Crippen molar-refractivity contribution in [1.29, 1.82) is 0 Å². The van der Waals surface area contributed by atoms with Crippen LogP contribution >= 0.6 is 0 Å². The lowest BCUT2D eigenvalue weighted by atomic mass is 9.82. The zero-order valence-corrected chi connectivity index (χ0v) is 18.0. The molecule has 3 rings (SSSR count). The second-order valence-corrected chi connectivity index (χ2v) is 9.76. The third-order valence-electron chi connectivity index (χ3n) is 5.73. The first-order valence-corrected chi connectivity index (χ1v) is 10.1. The molecule has 28 heavy (non-hydrogen) atoms. The minimum atomic E-state index is -0.680. The van der Waals surface area contributed by atoms with E-state index in [1.54, 1.807) is 6.20 Å². The molecule has 5 nitrogen and oxygen atoms in total. The van der Waals surface area contributed by atoms with E-state index in [4.69, 9.17) is 4.84 Å². The van der Waals surface area contributed by atoms with Gasteiger partial charge in [0.1, 0.15) is 0 Å². The van der Waals surface area contributed by atoms with Crippen LogP contribution in [0.2, 0.25) is 0 Å². The smallest absolute Gasteiger partial charge is 0.232 e. The van der Waals surface area contributed by atoms with E-state index in [0.29, 0.717) is 6.61 Å². The highest BCUT2D eigenvalue weighted by Gasteiger charge is 2.43. The summed E-state index contributed by atoms with van der Waals surface area (Å²) in [7, 11) is 0. The first kappa shape index (κ1) is 20.7. The van der Waals surface area contributed by atoms with Gasteiger partial charge in [0.25, 0.3) is 0 Å². The molecule has 1 aromatic heterocycles. The number of piperidine rings is 1. The standard InChI is InChI=1S/C23H33N3O2/c1-21(2,16-28-26-22(3,4)13-9-14-23(26,5)6)20(27)25-18-12-7-10-17-11-8-15-24-19(17)18/h7-8,10-12,15H,9,13-14,16H2,1-6H3,(H,25,27). The van der Waals surface area contributed by atoms with Crippen molar-refractivity contribution < 1.29 is 9.63 Å². The maximum absolute atomic E-state index is 13.0. The van der Waals surface area contributed by atoms with Crippen LogP contribution in [0, 0.1) is 5.41 Å². The molecule has 5 heteroatoms. The molecule has 1 saturated heterocycles. The largest absolute Gasteiger partial charge is 0.324 e. The van der Waals surface area contributed by atoms with E-state index in [1.165, 1.54) is 6.42 Å². The molecule has 1 N–H and O–H groups in total. The van der Waals surface area contributed by atoms with Gasteiger partial charge in [-0.1, -0.05) is 18.2 Å². The van der Waals surface area contributed by atoms with Gasteiger partial charge in [0.15, 0.2) is 0 Å². The van der Waals surface area contributed by atoms with Gasteiger partial charge >= 0.3 is 0 Å². The van der Waals surface area contributed by atoms with Gasteiger partial charge in [0, 0.05) is 22.7 Å². The van der Waals surface area contributed by atoms with Crippen molar-refractivity contribution in [3.8, 4) is 0 Å². The van der Waals surface area contributed by atoms with Crippen LogP contribution in [0.5, 0.6) is 0 Å². The monoisotopic (exact) mass is 383 g/mol. The lowest BCUT2D eigenvalue weighted by Crippen LogP contribution is -2.59. The highest BCUT2D eigenvalue weighted by atomic mass is 16.7. The summed E-state index contributed by atoms with van der Waals surface area (Å²) < 4.78 is 0. The number of aromatic nitrogens is 1. The number of benzene rings is 1. The van der Waals surface area contributed by atoms with Crippen LogP contribution < -0.4 is 5.32 Å². The summed E-state index contributed by atoms with van der Waals surface area (Å²) in [6.07, 6.45) is 5.11. The molecule has 1 fully saturated rings. The number of hydrogen-bond donors (Lipinski definition) is 1. The molecule has 0 bridgehead atoms. The molecule has 152 valence electrons. The number of nitrogens with zero attached hydrogens (tertiary/aromatic N) is 2. The number of carbonyl (C=O) groups is 1. The molecule has 2 aromatic rings. The van der Waals surface area contributed by atoms with Crippen molar-refractivity contribution in [2.24, 2.45) is 5.41 Å². The zero-order chi connectivity index (χ0) is 20.6. The van der Waals surface area contributed by atoms with E-state index < -0.39 is 5.41 Å². The van der Waals surface area contributed by atoms with Crippen molar-refractivity contribution in [1.82, 2.24) is 10.0 Å². The van der Waals surface area contributed by atoms with Gasteiger partial charge < -0.3 is 5.32 Å². The fourth-order valence-corrected chi connectivity index (χ4v) is 4.11. The SMILES string of the molecule is CC(C)(CON1C(C)(C)CCCC1(C)C)C(=O)Nc1cccc2cccnc12. The molecule has 1 aliphatic rings. The molecule has 2 heterocycles. The van der Waals surface area contributed by atoms with Crippen molar-refractivity contribution in [3.63, 3.8) is 0 Å². The molecule has 0 unspecified atom stereocenters. The van der Waals surface area contributed by atoms with Gasteiger partial charge in [-0.2, -0.15) is 5.06 Å². The van der Waals surface area contributed by atoms with Crippen molar-refractivity contribution in [2.75, 3.05) is 11.9 Å². The summed E-state index contributed by atoms with van der Waals surface area (Å²) in [5, 5.41) is 6.17. The third kappa shape index (κ3) is 4.20. The van der Waals surface area contributed by atoms with E-state index in [0.717, 1.165) is 29.4 Å². The molecule has 0 saturated carbocycles. The number of nitrogens with one attached hydrogen (secondary N) is 1. The lowest BCUT2D eigenvalue weighted by molar-refractivity contribution is -0.289. The summed E-state index contributed by atoms with van der Waals surface area (Å²) >= 11 is 0. The van der Waals surface area contributed by atoms with E-state index in [1.807, 2.05) is 44.2 Å². The molecule has 0 radical (unpaired) electrons. The molecule has 1 aliphatic heterocycles. The van der Waals surface area contributed by atoms with Crippen LogP contribution in [0.25, 0.3) is 10.9 Å². The van der Waals surface area contributed by atoms with E-state index in [2.05, 4.69) is 43.1 Å². The highest BCUT2D eigenvalue weighted by Crippen LogP contribution is 2.39. The second-order valence-electron chi connectivity index (χ2n) is 9.76. The minimum absolute atomic E-state index is 0.0478. The third-order valence-corrected chi connectivity index (χ3v) is 5.73. The van der Waals surface area contributed by atoms with Crippen LogP contribution in [-0.4, -0.2) is 33.6 Å². The molecule has 1 amide bonds. The Hall–Kier alpha value is -1.98. The maximum Gasteiger partial charge on any atom is 0.232 e. The fourth-order valence-electron chi connectivity index (χ4n) is 4.11. The van der Waals surface area contributed by atoms with Crippen LogP contribution in [-0.2, 0) is 9.63 Å². The number of pyridine rings is 1. The average Bonchev–Trinajstić information content (AvgIpc) is 2.60. The summed E-state index contributed by atoms with van der Waals surface area (Å²) in [6.45, 7) is 13.0.